The molecule has 1 saturated heterocycles. The van der Waals surface area contributed by atoms with E-state index in [2.05, 4.69) is 20.5 Å². The Morgan fingerprint density at radius 1 is 1.16 bits per heavy atom. The summed E-state index contributed by atoms with van der Waals surface area (Å²) in [6.07, 6.45) is 1.96. The van der Waals surface area contributed by atoms with Gasteiger partial charge >= 0.3 is 0 Å². The molecule has 1 aliphatic heterocycles. The molecule has 1 aliphatic rings. The summed E-state index contributed by atoms with van der Waals surface area (Å²) in [6.45, 7) is 3.84. The molecular weight excluding hydrogens is 418 g/mol. The van der Waals surface area contributed by atoms with Crippen molar-refractivity contribution >= 4 is 33.3 Å². The van der Waals surface area contributed by atoms with Crippen molar-refractivity contribution in [3.05, 3.63) is 48.2 Å². The van der Waals surface area contributed by atoms with E-state index in [0.717, 1.165) is 25.1 Å². The molecule has 1 aromatic heterocycles. The van der Waals surface area contributed by atoms with E-state index in [4.69, 9.17) is 5.14 Å². The Kier molecular flexibility index (Phi) is 7.37. The zero-order chi connectivity index (χ0) is 22.4. The standard InChI is InChI=1S/C21H27N5O4S/c1-15-4-2-6-19(23-15)25-21(28)16-5-3-12-26(14-16)13-11-20(27)24-17-7-9-18(10-8-17)31(22,29)30/h2,4,6-10,16H,3,5,11-14H2,1H3,(H,24,27)(H2,22,29,30)(H,23,25,28). The van der Waals surface area contributed by atoms with E-state index in [0.29, 0.717) is 24.6 Å². The average molecular weight is 446 g/mol. The van der Waals surface area contributed by atoms with Crippen molar-refractivity contribution in [2.45, 2.75) is 31.1 Å². The molecule has 4 N–H and O–H groups in total. The van der Waals surface area contributed by atoms with Gasteiger partial charge in [0.25, 0.3) is 0 Å². The van der Waals surface area contributed by atoms with Crippen molar-refractivity contribution in [3.8, 4) is 0 Å². The Labute approximate surface area is 182 Å². The number of likely N-dealkylation sites (tertiary alicyclic amines) is 1. The highest BCUT2D eigenvalue weighted by Crippen LogP contribution is 2.19. The Morgan fingerprint density at radius 2 is 1.90 bits per heavy atom. The fourth-order valence-corrected chi connectivity index (χ4v) is 4.04. The minimum absolute atomic E-state index is 0.0102. The van der Waals surface area contributed by atoms with Crippen LogP contribution < -0.4 is 15.8 Å². The van der Waals surface area contributed by atoms with Gasteiger partial charge in [-0.15, -0.1) is 0 Å². The number of hydrogen-bond donors (Lipinski definition) is 3. The second-order valence-corrected chi connectivity index (χ2v) is 9.22. The van der Waals surface area contributed by atoms with Crippen LogP contribution in [0.5, 0.6) is 0 Å². The van der Waals surface area contributed by atoms with Gasteiger partial charge in [0.15, 0.2) is 0 Å². The summed E-state index contributed by atoms with van der Waals surface area (Å²) in [5, 5.41) is 10.7. The van der Waals surface area contributed by atoms with Crippen LogP contribution >= 0.6 is 0 Å². The molecule has 2 amide bonds. The zero-order valence-electron chi connectivity index (χ0n) is 17.4. The monoisotopic (exact) mass is 445 g/mol. The van der Waals surface area contributed by atoms with E-state index in [1.807, 2.05) is 19.1 Å². The third kappa shape index (κ3) is 6.84. The van der Waals surface area contributed by atoms with Crippen molar-refractivity contribution in [3.63, 3.8) is 0 Å². The number of benzene rings is 1. The number of piperidine rings is 1. The van der Waals surface area contributed by atoms with Crippen LogP contribution in [0.15, 0.2) is 47.4 Å². The summed E-state index contributed by atoms with van der Waals surface area (Å²) < 4.78 is 22.6. The van der Waals surface area contributed by atoms with E-state index in [1.165, 1.54) is 24.3 Å². The lowest BCUT2D eigenvalue weighted by Crippen LogP contribution is -2.41. The molecule has 166 valence electrons. The van der Waals surface area contributed by atoms with Gasteiger partial charge in [0.05, 0.1) is 10.8 Å². The Bertz CT molecular complexity index is 1040. The van der Waals surface area contributed by atoms with Gasteiger partial charge in [-0.25, -0.2) is 18.5 Å². The predicted octanol–water partition coefficient (Wildman–Crippen LogP) is 1.72. The van der Waals surface area contributed by atoms with Crippen molar-refractivity contribution in [1.82, 2.24) is 9.88 Å². The SMILES string of the molecule is Cc1cccc(NC(=O)C2CCCN(CCC(=O)Nc3ccc(S(N)(=O)=O)cc3)C2)n1. The summed E-state index contributed by atoms with van der Waals surface area (Å²) in [6, 6.07) is 11.2. The van der Waals surface area contributed by atoms with Crippen LogP contribution in [0, 0.1) is 12.8 Å². The van der Waals surface area contributed by atoms with E-state index in [-0.39, 0.29) is 29.0 Å². The third-order valence-electron chi connectivity index (χ3n) is 5.14. The summed E-state index contributed by atoms with van der Waals surface area (Å²) >= 11 is 0. The first-order valence-electron chi connectivity index (χ1n) is 10.1. The molecule has 9 nitrogen and oxygen atoms in total. The first-order valence-corrected chi connectivity index (χ1v) is 11.6. The molecule has 3 rings (SSSR count). The number of anilines is 2. The number of primary sulfonamides is 1. The molecule has 1 aromatic carbocycles. The normalized spacial score (nSPS) is 17.2. The smallest absolute Gasteiger partial charge is 0.238 e. The molecule has 0 spiro atoms. The first-order chi connectivity index (χ1) is 14.7. The predicted molar refractivity (Wildman–Crippen MR) is 118 cm³/mol. The summed E-state index contributed by atoms with van der Waals surface area (Å²) in [5.74, 6) is 0.168. The highest BCUT2D eigenvalue weighted by Gasteiger charge is 2.26. The lowest BCUT2D eigenvalue weighted by Gasteiger charge is -2.31. The third-order valence-corrected chi connectivity index (χ3v) is 6.07. The number of rotatable bonds is 7. The number of carbonyl (C=O) groups excluding carboxylic acids is 2. The number of nitrogens with two attached hydrogens (primary N) is 1. The van der Waals surface area contributed by atoms with Crippen LogP contribution in [0.4, 0.5) is 11.5 Å². The lowest BCUT2D eigenvalue weighted by atomic mass is 9.97. The van der Waals surface area contributed by atoms with E-state index in [1.54, 1.807) is 6.07 Å². The Balaban J connectivity index is 1.46. The van der Waals surface area contributed by atoms with Crippen molar-refractivity contribution in [1.29, 1.82) is 0 Å². The fourth-order valence-electron chi connectivity index (χ4n) is 3.52. The molecule has 0 aliphatic carbocycles. The molecule has 2 heterocycles. The number of pyridine rings is 1. The molecular formula is C21H27N5O4S. The molecule has 1 fully saturated rings. The van der Waals surface area contributed by atoms with Crippen LogP contribution in [-0.4, -0.2) is 49.8 Å². The molecule has 0 saturated carbocycles. The van der Waals surface area contributed by atoms with Crippen LogP contribution in [0.3, 0.4) is 0 Å². The largest absolute Gasteiger partial charge is 0.326 e. The molecule has 1 unspecified atom stereocenters. The van der Waals surface area contributed by atoms with Gasteiger partial charge in [-0.2, -0.15) is 0 Å². The number of nitrogens with one attached hydrogen (secondary N) is 2. The molecule has 0 radical (unpaired) electrons. The highest BCUT2D eigenvalue weighted by atomic mass is 32.2. The van der Waals surface area contributed by atoms with Crippen LogP contribution in [0.1, 0.15) is 25.0 Å². The maximum absolute atomic E-state index is 12.6. The number of hydrogen-bond acceptors (Lipinski definition) is 6. The topological polar surface area (TPSA) is 134 Å². The Hall–Kier alpha value is -2.82. The van der Waals surface area contributed by atoms with Crippen LogP contribution in [-0.2, 0) is 19.6 Å². The van der Waals surface area contributed by atoms with Gasteiger partial charge in [-0.3, -0.25) is 9.59 Å². The minimum Gasteiger partial charge on any atom is -0.326 e. The van der Waals surface area contributed by atoms with E-state index in [9.17, 15) is 18.0 Å². The summed E-state index contributed by atoms with van der Waals surface area (Å²) in [5.41, 5.74) is 1.34. The second-order valence-electron chi connectivity index (χ2n) is 7.66. The zero-order valence-corrected chi connectivity index (χ0v) is 18.2. The van der Waals surface area contributed by atoms with E-state index >= 15 is 0 Å². The number of aryl methyl sites for hydroxylation is 1. The van der Waals surface area contributed by atoms with Crippen molar-refractivity contribution in [2.75, 3.05) is 30.3 Å². The summed E-state index contributed by atoms with van der Waals surface area (Å²) in [7, 11) is -3.76. The van der Waals surface area contributed by atoms with Crippen LogP contribution in [0.2, 0.25) is 0 Å². The number of aromatic nitrogens is 1. The molecule has 1 atom stereocenters. The summed E-state index contributed by atoms with van der Waals surface area (Å²) in [4.78, 5) is 31.3. The minimum atomic E-state index is -3.76. The second kappa shape index (κ2) is 9.99. The maximum atomic E-state index is 12.6. The number of carbonyl (C=O) groups is 2. The lowest BCUT2D eigenvalue weighted by molar-refractivity contribution is -0.121. The number of nitrogens with zero attached hydrogens (tertiary/aromatic N) is 2. The first kappa shape index (κ1) is 22.9. The van der Waals surface area contributed by atoms with Crippen LogP contribution in [0.25, 0.3) is 0 Å². The Morgan fingerprint density at radius 3 is 2.58 bits per heavy atom. The average Bonchev–Trinajstić information content (AvgIpc) is 2.72. The van der Waals surface area contributed by atoms with Gasteiger partial charge in [0.2, 0.25) is 21.8 Å². The highest BCUT2D eigenvalue weighted by molar-refractivity contribution is 7.89. The molecule has 31 heavy (non-hydrogen) atoms. The number of sulfonamides is 1. The van der Waals surface area contributed by atoms with Crippen molar-refractivity contribution in [2.24, 2.45) is 11.1 Å². The molecule has 0 bridgehead atoms. The van der Waals surface area contributed by atoms with Gasteiger partial charge in [0.1, 0.15) is 5.82 Å². The molecule has 2 aromatic rings. The fraction of sp³-hybridized carbons (Fsp3) is 0.381. The van der Waals surface area contributed by atoms with Crippen molar-refractivity contribution < 1.29 is 18.0 Å². The van der Waals surface area contributed by atoms with Gasteiger partial charge < -0.3 is 15.5 Å². The van der Waals surface area contributed by atoms with Gasteiger partial charge in [-0.1, -0.05) is 6.07 Å². The quantitative estimate of drug-likeness (QED) is 0.594. The maximum Gasteiger partial charge on any atom is 0.238 e. The van der Waals surface area contributed by atoms with Gasteiger partial charge in [0, 0.05) is 30.9 Å². The number of amides is 2. The van der Waals surface area contributed by atoms with Gasteiger partial charge in [-0.05, 0) is 62.7 Å². The molecule has 10 heteroatoms. The van der Waals surface area contributed by atoms with E-state index < -0.39 is 10.0 Å².